The molecule has 0 aliphatic heterocycles. The summed E-state index contributed by atoms with van der Waals surface area (Å²) >= 11 is 0. The van der Waals surface area contributed by atoms with Crippen LogP contribution in [0.3, 0.4) is 0 Å². The lowest BCUT2D eigenvalue weighted by molar-refractivity contribution is 1.13. The van der Waals surface area contributed by atoms with Crippen molar-refractivity contribution in [3.05, 3.63) is 96.1 Å². The molecule has 0 N–H and O–H groups in total. The summed E-state index contributed by atoms with van der Waals surface area (Å²) in [5.74, 6) is 0. The predicted octanol–water partition coefficient (Wildman–Crippen LogP) is 5.75. The Hall–Kier alpha value is -2.34. The largest absolute Gasteiger partial charge is 0.0992 e. The predicted molar refractivity (Wildman–Crippen MR) is 89.3 cm³/mol. The minimum atomic E-state index is 0.925. The summed E-state index contributed by atoms with van der Waals surface area (Å²) in [6, 6.07) is 20.7. The van der Waals surface area contributed by atoms with E-state index in [0.717, 1.165) is 12.8 Å². The molecule has 0 bridgehead atoms. The molecule has 0 amide bonds. The second-order valence-electron chi connectivity index (χ2n) is 4.78. The van der Waals surface area contributed by atoms with Gasteiger partial charge in [0.15, 0.2) is 0 Å². The molecule has 0 aromatic heterocycles. The van der Waals surface area contributed by atoms with Crippen LogP contribution in [0.2, 0.25) is 0 Å². The van der Waals surface area contributed by atoms with E-state index in [-0.39, 0.29) is 0 Å². The van der Waals surface area contributed by atoms with E-state index in [1.165, 1.54) is 16.7 Å². The molecule has 0 aliphatic carbocycles. The molecule has 0 unspecified atom stereocenters. The SMILES string of the molecule is C=C(C/C=C/c1ccccc1)C/C=C/c1ccccc1. The smallest absolute Gasteiger partial charge is 0.0135 e. The zero-order chi connectivity index (χ0) is 14.0. The van der Waals surface area contributed by atoms with Gasteiger partial charge in [0.2, 0.25) is 0 Å². The first-order valence-electron chi connectivity index (χ1n) is 6.94. The van der Waals surface area contributed by atoms with E-state index in [9.17, 15) is 0 Å². The highest BCUT2D eigenvalue weighted by atomic mass is 14.0. The van der Waals surface area contributed by atoms with Gasteiger partial charge in [0, 0.05) is 0 Å². The minimum absolute atomic E-state index is 0.925. The van der Waals surface area contributed by atoms with Crippen molar-refractivity contribution in [1.82, 2.24) is 0 Å². The fourth-order valence-electron chi connectivity index (χ4n) is 1.93. The fraction of sp³-hybridized carbons (Fsp3) is 0.100. The Morgan fingerprint density at radius 2 is 1.10 bits per heavy atom. The van der Waals surface area contributed by atoms with Crippen molar-refractivity contribution in [3.8, 4) is 0 Å². The van der Waals surface area contributed by atoms with Crippen molar-refractivity contribution < 1.29 is 0 Å². The molecule has 2 aromatic carbocycles. The first-order chi connectivity index (χ1) is 9.84. The molecule has 0 fully saturated rings. The summed E-state index contributed by atoms with van der Waals surface area (Å²) in [4.78, 5) is 0. The summed E-state index contributed by atoms with van der Waals surface area (Å²) in [7, 11) is 0. The highest BCUT2D eigenvalue weighted by Crippen LogP contribution is 2.10. The zero-order valence-electron chi connectivity index (χ0n) is 11.7. The van der Waals surface area contributed by atoms with E-state index in [0.29, 0.717) is 0 Å². The molecule has 0 saturated heterocycles. The van der Waals surface area contributed by atoms with Crippen molar-refractivity contribution in [2.75, 3.05) is 0 Å². The molecule has 100 valence electrons. The summed E-state index contributed by atoms with van der Waals surface area (Å²) in [5.41, 5.74) is 3.70. The van der Waals surface area contributed by atoms with Crippen LogP contribution in [0.25, 0.3) is 12.2 Å². The molecule has 2 aromatic rings. The molecule has 0 saturated carbocycles. The van der Waals surface area contributed by atoms with Gasteiger partial charge in [-0.3, -0.25) is 0 Å². The van der Waals surface area contributed by atoms with Crippen molar-refractivity contribution >= 4 is 12.2 Å². The molecule has 2 rings (SSSR count). The van der Waals surface area contributed by atoms with Crippen LogP contribution >= 0.6 is 0 Å². The summed E-state index contributed by atoms with van der Waals surface area (Å²) in [5, 5.41) is 0. The molecular formula is C20H20. The van der Waals surface area contributed by atoms with Crippen molar-refractivity contribution in [2.24, 2.45) is 0 Å². The van der Waals surface area contributed by atoms with Crippen LogP contribution in [0, 0.1) is 0 Å². The second kappa shape index (κ2) is 7.96. The third kappa shape index (κ3) is 5.11. The van der Waals surface area contributed by atoms with Gasteiger partial charge in [0.1, 0.15) is 0 Å². The fourth-order valence-corrected chi connectivity index (χ4v) is 1.93. The molecular weight excluding hydrogens is 240 g/mol. The number of rotatable bonds is 6. The van der Waals surface area contributed by atoms with Gasteiger partial charge in [0.05, 0.1) is 0 Å². The maximum absolute atomic E-state index is 4.11. The average molecular weight is 260 g/mol. The van der Waals surface area contributed by atoms with Gasteiger partial charge in [0.25, 0.3) is 0 Å². The second-order valence-corrected chi connectivity index (χ2v) is 4.78. The van der Waals surface area contributed by atoms with E-state index in [1.54, 1.807) is 0 Å². The van der Waals surface area contributed by atoms with Crippen molar-refractivity contribution in [1.29, 1.82) is 0 Å². The molecule has 20 heavy (non-hydrogen) atoms. The number of benzene rings is 2. The lowest BCUT2D eigenvalue weighted by Gasteiger charge is -1.98. The van der Waals surface area contributed by atoms with Crippen LogP contribution in [0.1, 0.15) is 24.0 Å². The van der Waals surface area contributed by atoms with Crippen molar-refractivity contribution in [3.63, 3.8) is 0 Å². The molecule has 0 heteroatoms. The Morgan fingerprint density at radius 3 is 1.50 bits per heavy atom. The van der Waals surface area contributed by atoms with Gasteiger partial charge in [-0.1, -0.05) is 97.1 Å². The van der Waals surface area contributed by atoms with Gasteiger partial charge >= 0.3 is 0 Å². The lowest BCUT2D eigenvalue weighted by Crippen LogP contribution is -1.77. The van der Waals surface area contributed by atoms with Crippen LogP contribution in [-0.4, -0.2) is 0 Å². The van der Waals surface area contributed by atoms with Crippen LogP contribution in [-0.2, 0) is 0 Å². The van der Waals surface area contributed by atoms with Crippen LogP contribution in [0.4, 0.5) is 0 Å². The number of hydrogen-bond acceptors (Lipinski definition) is 0. The third-order valence-corrected chi connectivity index (χ3v) is 3.03. The Labute approximate surface area is 121 Å². The number of allylic oxidation sites excluding steroid dienone is 3. The molecule has 0 aliphatic rings. The molecule has 0 radical (unpaired) electrons. The maximum atomic E-state index is 4.11. The lowest BCUT2D eigenvalue weighted by atomic mass is 10.1. The normalized spacial score (nSPS) is 11.2. The van der Waals surface area contributed by atoms with Gasteiger partial charge in [-0.2, -0.15) is 0 Å². The van der Waals surface area contributed by atoms with E-state index >= 15 is 0 Å². The van der Waals surface area contributed by atoms with Gasteiger partial charge in [-0.25, -0.2) is 0 Å². The molecule has 0 nitrogen and oxygen atoms in total. The standard InChI is InChI=1S/C20H20/c1-18(10-8-16-19-12-4-2-5-13-19)11-9-17-20-14-6-3-7-15-20/h2-9,12-17H,1,10-11H2/b16-8+,17-9+. The topological polar surface area (TPSA) is 0 Å². The summed E-state index contributed by atoms with van der Waals surface area (Å²) < 4.78 is 0. The average Bonchev–Trinajstić information content (AvgIpc) is 2.49. The monoisotopic (exact) mass is 260 g/mol. The van der Waals surface area contributed by atoms with Gasteiger partial charge < -0.3 is 0 Å². The van der Waals surface area contributed by atoms with E-state index in [4.69, 9.17) is 0 Å². The first kappa shape index (κ1) is 14.1. The van der Waals surface area contributed by atoms with Crippen LogP contribution in [0.5, 0.6) is 0 Å². The van der Waals surface area contributed by atoms with Gasteiger partial charge in [-0.15, -0.1) is 0 Å². The maximum Gasteiger partial charge on any atom is -0.0135 e. The third-order valence-electron chi connectivity index (χ3n) is 3.03. The van der Waals surface area contributed by atoms with E-state index < -0.39 is 0 Å². The summed E-state index contributed by atoms with van der Waals surface area (Å²) in [6.07, 6.45) is 10.5. The quantitative estimate of drug-likeness (QED) is 0.580. The number of hydrogen-bond donors (Lipinski definition) is 0. The van der Waals surface area contributed by atoms with Gasteiger partial charge in [-0.05, 0) is 24.0 Å². The molecule has 0 heterocycles. The Kier molecular flexibility index (Phi) is 5.60. The van der Waals surface area contributed by atoms with Crippen molar-refractivity contribution in [2.45, 2.75) is 12.8 Å². The Morgan fingerprint density at radius 1 is 0.700 bits per heavy atom. The van der Waals surface area contributed by atoms with E-state index in [1.807, 2.05) is 12.1 Å². The highest BCUT2D eigenvalue weighted by Gasteiger charge is 1.89. The highest BCUT2D eigenvalue weighted by molar-refractivity contribution is 5.50. The van der Waals surface area contributed by atoms with E-state index in [2.05, 4.69) is 79.4 Å². The Bertz CT molecular complexity index is 520. The van der Waals surface area contributed by atoms with Crippen LogP contribution in [0.15, 0.2) is 85.0 Å². The molecule has 0 atom stereocenters. The first-order valence-corrected chi connectivity index (χ1v) is 6.94. The zero-order valence-corrected chi connectivity index (χ0v) is 11.7. The van der Waals surface area contributed by atoms with Crippen LogP contribution < -0.4 is 0 Å². The molecule has 0 spiro atoms. The minimum Gasteiger partial charge on any atom is -0.0992 e. The summed E-state index contributed by atoms with van der Waals surface area (Å²) in [6.45, 7) is 4.11. The Balaban J connectivity index is 1.76.